The van der Waals surface area contributed by atoms with Crippen LogP contribution in [0.25, 0.3) is 0 Å². The van der Waals surface area contributed by atoms with Gasteiger partial charge in [-0.1, -0.05) is 11.6 Å². The van der Waals surface area contributed by atoms with Crippen molar-refractivity contribution in [2.24, 2.45) is 0 Å². The topological polar surface area (TPSA) is 47.6 Å². The fourth-order valence-corrected chi connectivity index (χ4v) is 3.03. The number of aryl methyl sites for hydroxylation is 1. The minimum Gasteiger partial charge on any atom is -0.493 e. The summed E-state index contributed by atoms with van der Waals surface area (Å²) < 4.78 is 10.3. The van der Waals surface area contributed by atoms with E-state index >= 15 is 0 Å². The molecule has 0 aliphatic heterocycles. The van der Waals surface area contributed by atoms with Crippen LogP contribution in [-0.4, -0.2) is 20.1 Å². The summed E-state index contributed by atoms with van der Waals surface area (Å²) in [6, 6.07) is 5.21. The molecule has 0 bridgehead atoms. The largest absolute Gasteiger partial charge is 0.493 e. The van der Waals surface area contributed by atoms with Gasteiger partial charge < -0.3 is 14.8 Å². The van der Waals surface area contributed by atoms with Gasteiger partial charge in [0, 0.05) is 10.4 Å². The van der Waals surface area contributed by atoms with E-state index in [1.54, 1.807) is 23.5 Å². The summed E-state index contributed by atoms with van der Waals surface area (Å²) >= 11 is 7.72. The number of hydrogen-bond acceptors (Lipinski definition) is 4. The quantitative estimate of drug-likeness (QED) is 0.912. The molecule has 6 heteroatoms. The van der Waals surface area contributed by atoms with Gasteiger partial charge in [-0.15, -0.1) is 11.3 Å². The molecule has 0 aliphatic rings. The maximum Gasteiger partial charge on any atom is 0.251 e. The Labute approximate surface area is 132 Å². The molecule has 1 aromatic heterocycles. The van der Waals surface area contributed by atoms with Crippen LogP contribution in [0, 0.1) is 6.92 Å². The molecule has 0 saturated carbocycles. The summed E-state index contributed by atoms with van der Waals surface area (Å²) in [5, 5.41) is 5.22. The molecule has 0 atom stereocenters. The molecule has 0 fully saturated rings. The molecule has 0 unspecified atom stereocenters. The molecule has 0 spiro atoms. The molecule has 4 nitrogen and oxygen atoms in total. The number of thiophene rings is 1. The molecule has 0 saturated heterocycles. The molecular weight excluding hydrogens is 310 g/mol. The van der Waals surface area contributed by atoms with Crippen LogP contribution in [0.15, 0.2) is 23.6 Å². The molecule has 1 N–H and O–H groups in total. The van der Waals surface area contributed by atoms with Crippen LogP contribution in [0.3, 0.4) is 0 Å². The van der Waals surface area contributed by atoms with Crippen molar-refractivity contribution in [2.45, 2.75) is 13.5 Å². The Kier molecular flexibility index (Phi) is 5.09. The number of ether oxygens (including phenoxy) is 2. The lowest BCUT2D eigenvalue weighted by Crippen LogP contribution is -2.22. The Hall–Kier alpha value is -1.72. The van der Waals surface area contributed by atoms with Gasteiger partial charge in [0.05, 0.1) is 25.8 Å². The maximum atomic E-state index is 12.2. The average molecular weight is 326 g/mol. The van der Waals surface area contributed by atoms with Crippen molar-refractivity contribution in [1.29, 1.82) is 0 Å². The Bertz CT molecular complexity index is 654. The van der Waals surface area contributed by atoms with E-state index in [0.717, 1.165) is 4.88 Å². The van der Waals surface area contributed by atoms with E-state index in [1.165, 1.54) is 19.8 Å². The van der Waals surface area contributed by atoms with Gasteiger partial charge in [-0.25, -0.2) is 0 Å². The van der Waals surface area contributed by atoms with Gasteiger partial charge in [0.25, 0.3) is 5.91 Å². The second kappa shape index (κ2) is 6.83. The van der Waals surface area contributed by atoms with Gasteiger partial charge >= 0.3 is 0 Å². The second-order valence-corrected chi connectivity index (χ2v) is 5.81. The van der Waals surface area contributed by atoms with E-state index in [2.05, 4.69) is 5.32 Å². The van der Waals surface area contributed by atoms with E-state index in [9.17, 15) is 4.79 Å². The first-order valence-electron chi connectivity index (χ1n) is 6.29. The van der Waals surface area contributed by atoms with Crippen LogP contribution in [0.1, 0.15) is 20.8 Å². The van der Waals surface area contributed by atoms with E-state index in [-0.39, 0.29) is 5.91 Å². The minimum absolute atomic E-state index is 0.203. The lowest BCUT2D eigenvalue weighted by Gasteiger charge is -2.12. The molecule has 1 amide bonds. The monoisotopic (exact) mass is 325 g/mol. The standard InChI is InChI=1S/C15H16ClNO3S/c1-9-4-5-21-13(9)8-17-15(18)10-6-11(16)14(20-3)12(7-10)19-2/h4-7H,8H2,1-3H3,(H,17,18). The van der Waals surface area contributed by atoms with E-state index in [0.29, 0.717) is 28.6 Å². The van der Waals surface area contributed by atoms with Crippen LogP contribution in [0.5, 0.6) is 11.5 Å². The molecule has 112 valence electrons. The van der Waals surface area contributed by atoms with Gasteiger partial charge in [-0.05, 0) is 36.1 Å². The lowest BCUT2D eigenvalue weighted by atomic mass is 10.2. The summed E-state index contributed by atoms with van der Waals surface area (Å²) in [5.41, 5.74) is 1.61. The van der Waals surface area contributed by atoms with Crippen molar-refractivity contribution in [2.75, 3.05) is 14.2 Å². The number of benzene rings is 1. The zero-order chi connectivity index (χ0) is 15.4. The predicted octanol–water partition coefficient (Wildman–Crippen LogP) is 3.66. The van der Waals surface area contributed by atoms with E-state index in [1.807, 2.05) is 18.4 Å². The fraction of sp³-hybridized carbons (Fsp3) is 0.267. The van der Waals surface area contributed by atoms with Crippen molar-refractivity contribution >= 4 is 28.8 Å². The highest BCUT2D eigenvalue weighted by Crippen LogP contribution is 2.36. The molecule has 2 rings (SSSR count). The van der Waals surface area contributed by atoms with Crippen LogP contribution in [-0.2, 0) is 6.54 Å². The van der Waals surface area contributed by atoms with Crippen molar-refractivity contribution in [3.05, 3.63) is 44.6 Å². The van der Waals surface area contributed by atoms with Crippen LogP contribution in [0.4, 0.5) is 0 Å². The number of rotatable bonds is 5. The number of carbonyl (C=O) groups excluding carboxylic acids is 1. The van der Waals surface area contributed by atoms with Crippen LogP contribution in [0.2, 0.25) is 5.02 Å². The average Bonchev–Trinajstić information content (AvgIpc) is 2.89. The highest BCUT2D eigenvalue weighted by atomic mass is 35.5. The zero-order valence-electron chi connectivity index (χ0n) is 12.0. The third-order valence-corrected chi connectivity index (χ3v) is 4.38. The maximum absolute atomic E-state index is 12.2. The third kappa shape index (κ3) is 3.49. The summed E-state index contributed by atoms with van der Waals surface area (Å²) in [6.07, 6.45) is 0. The number of nitrogens with one attached hydrogen (secondary N) is 1. The number of halogens is 1. The number of carbonyl (C=O) groups is 1. The Balaban J connectivity index is 2.16. The first kappa shape index (κ1) is 15.7. The van der Waals surface area contributed by atoms with Gasteiger partial charge in [-0.3, -0.25) is 4.79 Å². The highest BCUT2D eigenvalue weighted by molar-refractivity contribution is 7.10. The summed E-state index contributed by atoms with van der Waals surface area (Å²) in [6.45, 7) is 2.51. The first-order valence-corrected chi connectivity index (χ1v) is 7.55. The lowest BCUT2D eigenvalue weighted by molar-refractivity contribution is 0.0951. The summed E-state index contributed by atoms with van der Waals surface area (Å²) in [5.74, 6) is 0.651. The number of hydrogen-bond donors (Lipinski definition) is 1. The Morgan fingerprint density at radius 3 is 2.67 bits per heavy atom. The van der Waals surface area contributed by atoms with Crippen molar-refractivity contribution in [1.82, 2.24) is 5.32 Å². The van der Waals surface area contributed by atoms with Gasteiger partial charge in [0.2, 0.25) is 0 Å². The molecule has 1 heterocycles. The van der Waals surface area contributed by atoms with Gasteiger partial charge in [0.1, 0.15) is 0 Å². The third-order valence-electron chi connectivity index (χ3n) is 3.07. The molecule has 21 heavy (non-hydrogen) atoms. The molecule has 0 aliphatic carbocycles. The van der Waals surface area contributed by atoms with Crippen LogP contribution >= 0.6 is 22.9 Å². The van der Waals surface area contributed by atoms with Crippen molar-refractivity contribution in [3.63, 3.8) is 0 Å². The van der Waals surface area contributed by atoms with Gasteiger partial charge in [-0.2, -0.15) is 0 Å². The molecular formula is C15H16ClNO3S. The van der Waals surface area contributed by atoms with Crippen molar-refractivity contribution < 1.29 is 14.3 Å². The van der Waals surface area contributed by atoms with Gasteiger partial charge in [0.15, 0.2) is 11.5 Å². The number of amides is 1. The first-order chi connectivity index (χ1) is 10.1. The van der Waals surface area contributed by atoms with Crippen molar-refractivity contribution in [3.8, 4) is 11.5 Å². The Morgan fingerprint density at radius 2 is 2.10 bits per heavy atom. The predicted molar refractivity (Wildman–Crippen MR) is 84.8 cm³/mol. The van der Waals surface area contributed by atoms with E-state index in [4.69, 9.17) is 21.1 Å². The molecule has 2 aromatic rings. The Morgan fingerprint density at radius 1 is 1.33 bits per heavy atom. The SMILES string of the molecule is COc1cc(C(=O)NCc2sccc2C)cc(Cl)c1OC. The zero-order valence-corrected chi connectivity index (χ0v) is 13.6. The fourth-order valence-electron chi connectivity index (χ4n) is 1.90. The van der Waals surface area contributed by atoms with Crippen LogP contribution < -0.4 is 14.8 Å². The summed E-state index contributed by atoms with van der Waals surface area (Å²) in [4.78, 5) is 13.3. The van der Waals surface area contributed by atoms with E-state index < -0.39 is 0 Å². The smallest absolute Gasteiger partial charge is 0.251 e. The molecule has 1 aromatic carbocycles. The minimum atomic E-state index is -0.203. The highest BCUT2D eigenvalue weighted by Gasteiger charge is 2.15. The number of methoxy groups -OCH3 is 2. The normalized spacial score (nSPS) is 10.3. The summed E-state index contributed by atoms with van der Waals surface area (Å²) in [7, 11) is 3.01. The molecule has 0 radical (unpaired) electrons. The second-order valence-electron chi connectivity index (χ2n) is 4.40.